The molecule has 1 fully saturated rings. The molecule has 1 saturated heterocycles. The van der Waals surface area contributed by atoms with E-state index in [1.54, 1.807) is 12.1 Å². The molecule has 10 nitrogen and oxygen atoms in total. The molecule has 1 aromatic heterocycles. The van der Waals surface area contributed by atoms with Crippen molar-refractivity contribution in [3.05, 3.63) is 124 Å². The number of ether oxygens (including phenoxy) is 2. The first-order valence-corrected chi connectivity index (χ1v) is 18.1. The van der Waals surface area contributed by atoms with Gasteiger partial charge in [0.1, 0.15) is 17.6 Å². The topological polar surface area (TPSA) is 133 Å². The van der Waals surface area contributed by atoms with Crippen LogP contribution in [0, 0.1) is 0 Å². The molecule has 52 heavy (non-hydrogen) atoms. The number of hydrogen-bond acceptors (Lipinski definition) is 7. The van der Waals surface area contributed by atoms with Gasteiger partial charge in [0.05, 0.1) is 51.1 Å². The third-order valence-electron chi connectivity index (χ3n) is 9.78. The van der Waals surface area contributed by atoms with E-state index in [1.165, 1.54) is 12.1 Å². The Morgan fingerprint density at radius 1 is 0.923 bits per heavy atom. The molecule has 1 aliphatic heterocycles. The summed E-state index contributed by atoms with van der Waals surface area (Å²) in [7, 11) is 4.42. The Bertz CT molecular complexity index is 2000. The Kier molecular flexibility index (Phi) is 11.9. The number of amides is 1. The number of rotatable bonds is 14. The van der Waals surface area contributed by atoms with Crippen LogP contribution in [0.3, 0.4) is 0 Å². The van der Waals surface area contributed by atoms with Crippen LogP contribution in [0.5, 0.6) is 11.5 Å². The van der Waals surface area contributed by atoms with Gasteiger partial charge in [-0.1, -0.05) is 60.7 Å². The van der Waals surface area contributed by atoms with Crippen LogP contribution in [-0.2, 0) is 17.7 Å². The van der Waals surface area contributed by atoms with Crippen molar-refractivity contribution in [1.82, 2.24) is 10.3 Å². The zero-order valence-corrected chi connectivity index (χ0v) is 29.9. The van der Waals surface area contributed by atoms with Crippen LogP contribution in [0.2, 0.25) is 0 Å². The first kappa shape index (κ1) is 36.6. The number of benzene rings is 4. The van der Waals surface area contributed by atoms with Gasteiger partial charge in [-0.2, -0.15) is 0 Å². The van der Waals surface area contributed by atoms with E-state index in [1.807, 2.05) is 54.6 Å². The number of pyridine rings is 1. The predicted molar refractivity (Wildman–Crippen MR) is 205 cm³/mol. The number of carbonyl (C=O) groups is 1. The number of H-pyrrole nitrogens is 1. The van der Waals surface area contributed by atoms with Gasteiger partial charge in [0.2, 0.25) is 5.56 Å². The maximum atomic E-state index is 13.0. The lowest BCUT2D eigenvalue weighted by atomic mass is 9.99. The number of hydrogen-bond donors (Lipinski definition) is 5. The number of phenolic OH excluding ortho intramolecular Hbond substituents is 1. The molecule has 5 aromatic rings. The number of aryl methyl sites for hydroxylation is 1. The van der Waals surface area contributed by atoms with Crippen molar-refractivity contribution in [2.75, 3.05) is 45.7 Å². The fraction of sp³-hybridized carbons (Fsp3) is 0.333. The quantitative estimate of drug-likeness (QED) is 0.0627. The van der Waals surface area contributed by atoms with Gasteiger partial charge >= 0.3 is 6.09 Å². The summed E-state index contributed by atoms with van der Waals surface area (Å²) in [6, 6.07) is 30.4. The maximum absolute atomic E-state index is 13.0. The number of aromatic nitrogens is 1. The number of nitrogens with one attached hydrogen (secondary N) is 3. The smallest absolute Gasteiger partial charge is 0.411 e. The van der Waals surface area contributed by atoms with Crippen molar-refractivity contribution in [2.45, 2.75) is 50.9 Å². The Morgan fingerprint density at radius 2 is 1.67 bits per heavy atom. The van der Waals surface area contributed by atoms with Crippen molar-refractivity contribution in [3.8, 4) is 22.6 Å². The van der Waals surface area contributed by atoms with Gasteiger partial charge in [-0.15, -0.1) is 0 Å². The summed E-state index contributed by atoms with van der Waals surface area (Å²) >= 11 is 0. The van der Waals surface area contributed by atoms with E-state index >= 15 is 0 Å². The van der Waals surface area contributed by atoms with Gasteiger partial charge in [-0.05, 0) is 71.8 Å². The highest BCUT2D eigenvalue weighted by molar-refractivity contribution is 5.92. The van der Waals surface area contributed by atoms with Gasteiger partial charge in [-0.25, -0.2) is 4.79 Å². The SMILES string of the molecule is C[N+]1(C)CCC(OC(=O)Nc2cc(CCCCOc3ccc(CNC[C@H](O)c4ccc(O)c5[nH]c(=O)ccc45)cc3)ccc2-c2ccccc2)CC1. The second-order valence-electron chi connectivity index (χ2n) is 14.2. The largest absolute Gasteiger partial charge is 0.506 e. The second-order valence-corrected chi connectivity index (χ2v) is 14.2. The molecule has 2 heterocycles. The summed E-state index contributed by atoms with van der Waals surface area (Å²) in [5.74, 6) is 0.763. The fourth-order valence-corrected chi connectivity index (χ4v) is 6.71. The monoisotopic (exact) mass is 705 g/mol. The summed E-state index contributed by atoms with van der Waals surface area (Å²) in [6.45, 7) is 3.43. The molecule has 5 N–H and O–H groups in total. The third kappa shape index (κ3) is 9.79. The summed E-state index contributed by atoms with van der Waals surface area (Å²) in [5.41, 5.74) is 5.58. The number of piperidine rings is 1. The number of phenols is 1. The first-order valence-electron chi connectivity index (χ1n) is 18.1. The standard InChI is InChI=1S/C42H48N4O6/c1-46(2)23-21-33(22-24-46)52-42(50)44-37-26-29(13-16-34(37)31-9-4-3-5-10-31)8-6-7-25-51-32-14-11-30(12-15-32)27-43-28-39(48)35-17-19-38(47)41-36(35)18-20-40(49)45-41/h3-5,9-20,26,33,39,43,48H,6-8,21-25,27-28H2,1-2H3,(H2-,44,45,47,49,50)/p+1/t39-/m0/s1. The molecule has 6 rings (SSSR count). The van der Waals surface area contributed by atoms with Crippen LogP contribution >= 0.6 is 0 Å². The molecular formula is C42H49N4O6+. The van der Waals surface area contributed by atoms with Crippen LogP contribution in [-0.4, -0.2) is 72.2 Å². The molecule has 0 bridgehead atoms. The minimum Gasteiger partial charge on any atom is -0.506 e. The number of anilines is 1. The van der Waals surface area contributed by atoms with Gasteiger partial charge in [0, 0.05) is 42.9 Å². The second kappa shape index (κ2) is 16.9. The van der Waals surface area contributed by atoms with Crippen LogP contribution in [0.1, 0.15) is 48.5 Å². The van der Waals surface area contributed by atoms with Crippen molar-refractivity contribution in [1.29, 1.82) is 0 Å². The van der Waals surface area contributed by atoms with Crippen LogP contribution in [0.4, 0.5) is 10.5 Å². The zero-order valence-electron chi connectivity index (χ0n) is 29.9. The number of quaternary nitrogens is 1. The molecule has 0 spiro atoms. The molecule has 4 aromatic carbocycles. The van der Waals surface area contributed by atoms with Crippen molar-refractivity contribution in [3.63, 3.8) is 0 Å². The van der Waals surface area contributed by atoms with E-state index in [0.717, 1.165) is 83.4 Å². The molecular weight excluding hydrogens is 656 g/mol. The Morgan fingerprint density at radius 3 is 2.44 bits per heavy atom. The Labute approximate surface area is 304 Å². The first-order chi connectivity index (χ1) is 25.1. The van der Waals surface area contributed by atoms with Crippen LogP contribution in [0.25, 0.3) is 22.0 Å². The molecule has 1 aliphatic rings. The number of fused-ring (bicyclic) bond motifs is 1. The van der Waals surface area contributed by atoms with E-state index in [-0.39, 0.29) is 17.4 Å². The number of aromatic amines is 1. The van der Waals surface area contributed by atoms with E-state index in [2.05, 4.69) is 47.9 Å². The number of aliphatic hydroxyl groups excluding tert-OH is 1. The molecule has 0 unspecified atom stereocenters. The molecule has 1 atom stereocenters. The number of unbranched alkanes of at least 4 members (excludes halogenated alkanes) is 1. The highest BCUT2D eigenvalue weighted by Gasteiger charge is 2.28. The number of likely N-dealkylation sites (tertiary alicyclic amines) is 1. The van der Waals surface area contributed by atoms with E-state index in [9.17, 15) is 19.8 Å². The van der Waals surface area contributed by atoms with E-state index in [0.29, 0.717) is 36.2 Å². The molecule has 10 heteroatoms. The van der Waals surface area contributed by atoms with Gasteiger partial charge in [-0.3, -0.25) is 10.1 Å². The lowest BCUT2D eigenvalue weighted by Gasteiger charge is -2.36. The molecule has 272 valence electrons. The van der Waals surface area contributed by atoms with Gasteiger partial charge in [0.15, 0.2) is 0 Å². The number of nitrogens with zero attached hydrogens (tertiary/aromatic N) is 1. The predicted octanol–water partition coefficient (Wildman–Crippen LogP) is 6.91. The zero-order chi connectivity index (χ0) is 36.5. The maximum Gasteiger partial charge on any atom is 0.411 e. The molecule has 0 radical (unpaired) electrons. The minimum absolute atomic E-state index is 0.0342. The van der Waals surface area contributed by atoms with Crippen LogP contribution in [0.15, 0.2) is 102 Å². The molecule has 0 aliphatic carbocycles. The van der Waals surface area contributed by atoms with Crippen molar-refractivity contribution in [2.24, 2.45) is 0 Å². The minimum atomic E-state index is -0.823. The highest BCUT2D eigenvalue weighted by Crippen LogP contribution is 2.31. The lowest BCUT2D eigenvalue weighted by Crippen LogP contribution is -2.48. The summed E-state index contributed by atoms with van der Waals surface area (Å²) in [5, 5.41) is 27.9. The number of aliphatic hydroxyl groups is 1. The third-order valence-corrected chi connectivity index (χ3v) is 9.78. The van der Waals surface area contributed by atoms with Gasteiger partial charge < -0.3 is 34.5 Å². The lowest BCUT2D eigenvalue weighted by molar-refractivity contribution is -0.896. The Balaban J connectivity index is 0.952. The van der Waals surface area contributed by atoms with E-state index in [4.69, 9.17) is 9.47 Å². The van der Waals surface area contributed by atoms with Gasteiger partial charge in [0.25, 0.3) is 0 Å². The normalized spacial score (nSPS) is 14.9. The average molecular weight is 706 g/mol. The number of carbonyl (C=O) groups excluding carboxylic acids is 1. The molecule has 0 saturated carbocycles. The van der Waals surface area contributed by atoms with Crippen molar-refractivity contribution >= 4 is 22.7 Å². The summed E-state index contributed by atoms with van der Waals surface area (Å²) in [6.07, 6.45) is 3.12. The van der Waals surface area contributed by atoms with Crippen LogP contribution < -0.4 is 20.9 Å². The molecule has 1 amide bonds. The Hall–Kier alpha value is -5.16. The van der Waals surface area contributed by atoms with Crippen molar-refractivity contribution < 1.29 is 29.0 Å². The fourth-order valence-electron chi connectivity index (χ4n) is 6.71. The number of aromatic hydroxyl groups is 1. The van der Waals surface area contributed by atoms with E-state index < -0.39 is 12.2 Å². The summed E-state index contributed by atoms with van der Waals surface area (Å²) in [4.78, 5) is 27.3. The summed E-state index contributed by atoms with van der Waals surface area (Å²) < 4.78 is 12.8. The average Bonchev–Trinajstić information content (AvgIpc) is 3.14. The highest BCUT2D eigenvalue weighted by atomic mass is 16.6.